The molecule has 1 aromatic carbocycles. The normalized spacial score (nSPS) is 14.4. The SMILES string of the molecule is O=C(c1ccc(F)cc1)N1CCN(C(=O)c2ncoc2-c2ccon2)CC1. The minimum absolute atomic E-state index is 0.155. The fourth-order valence-electron chi connectivity index (χ4n) is 2.95. The van der Waals surface area contributed by atoms with E-state index in [1.165, 1.54) is 36.9 Å². The third-order valence-electron chi connectivity index (χ3n) is 4.39. The largest absolute Gasteiger partial charge is 0.441 e. The number of hydrogen-bond acceptors (Lipinski definition) is 6. The second-order valence-electron chi connectivity index (χ2n) is 6.01. The summed E-state index contributed by atoms with van der Waals surface area (Å²) in [5.74, 6) is -0.626. The van der Waals surface area contributed by atoms with Crippen molar-refractivity contribution in [3.8, 4) is 11.5 Å². The summed E-state index contributed by atoms with van der Waals surface area (Å²) in [5.41, 5.74) is 0.962. The Morgan fingerprint density at radius 2 is 1.63 bits per heavy atom. The van der Waals surface area contributed by atoms with Gasteiger partial charge in [-0.1, -0.05) is 5.16 Å². The fourth-order valence-corrected chi connectivity index (χ4v) is 2.95. The number of aromatic nitrogens is 2. The molecule has 0 radical (unpaired) electrons. The van der Waals surface area contributed by atoms with Crippen molar-refractivity contribution in [3.05, 3.63) is 60.1 Å². The van der Waals surface area contributed by atoms with Gasteiger partial charge >= 0.3 is 0 Å². The number of halogens is 1. The summed E-state index contributed by atoms with van der Waals surface area (Å²) in [6.07, 6.45) is 2.57. The van der Waals surface area contributed by atoms with Gasteiger partial charge in [-0.3, -0.25) is 9.59 Å². The first-order valence-electron chi connectivity index (χ1n) is 8.32. The van der Waals surface area contributed by atoms with Crippen LogP contribution < -0.4 is 0 Å². The summed E-state index contributed by atoms with van der Waals surface area (Å²) >= 11 is 0. The van der Waals surface area contributed by atoms with Crippen molar-refractivity contribution in [1.82, 2.24) is 19.9 Å². The molecule has 9 heteroatoms. The van der Waals surface area contributed by atoms with Crippen LogP contribution in [0.2, 0.25) is 0 Å². The monoisotopic (exact) mass is 370 g/mol. The van der Waals surface area contributed by atoms with Crippen molar-refractivity contribution in [2.75, 3.05) is 26.2 Å². The van der Waals surface area contributed by atoms with Crippen molar-refractivity contribution in [2.45, 2.75) is 0 Å². The third kappa shape index (κ3) is 3.31. The Kier molecular flexibility index (Phi) is 4.41. The molecule has 1 aliphatic heterocycles. The lowest BCUT2D eigenvalue weighted by atomic mass is 10.1. The van der Waals surface area contributed by atoms with Crippen LogP contribution in [0.25, 0.3) is 11.5 Å². The van der Waals surface area contributed by atoms with E-state index in [2.05, 4.69) is 10.1 Å². The number of rotatable bonds is 3. The smallest absolute Gasteiger partial charge is 0.276 e. The van der Waals surface area contributed by atoms with Crippen LogP contribution in [0.5, 0.6) is 0 Å². The Balaban J connectivity index is 1.42. The molecule has 27 heavy (non-hydrogen) atoms. The highest BCUT2D eigenvalue weighted by Crippen LogP contribution is 2.23. The van der Waals surface area contributed by atoms with E-state index in [0.29, 0.717) is 37.4 Å². The number of oxazole rings is 1. The number of benzene rings is 1. The van der Waals surface area contributed by atoms with Gasteiger partial charge in [0.1, 0.15) is 12.1 Å². The maximum absolute atomic E-state index is 13.0. The molecule has 0 bridgehead atoms. The molecule has 1 saturated heterocycles. The van der Waals surface area contributed by atoms with Gasteiger partial charge in [0, 0.05) is 37.8 Å². The maximum atomic E-state index is 13.0. The molecular weight excluding hydrogens is 355 g/mol. The van der Waals surface area contributed by atoms with Crippen molar-refractivity contribution >= 4 is 11.8 Å². The van der Waals surface area contributed by atoms with Crippen LogP contribution in [0.15, 0.2) is 51.9 Å². The van der Waals surface area contributed by atoms with Crippen LogP contribution in [-0.2, 0) is 0 Å². The first kappa shape index (κ1) is 17.0. The Morgan fingerprint density at radius 1 is 0.963 bits per heavy atom. The van der Waals surface area contributed by atoms with E-state index >= 15 is 0 Å². The average Bonchev–Trinajstić information content (AvgIpc) is 3.39. The lowest BCUT2D eigenvalue weighted by Crippen LogP contribution is -2.50. The number of carbonyl (C=O) groups excluding carboxylic acids is 2. The van der Waals surface area contributed by atoms with Gasteiger partial charge in [-0.2, -0.15) is 0 Å². The number of amides is 2. The Morgan fingerprint density at radius 3 is 2.26 bits per heavy atom. The number of hydrogen-bond donors (Lipinski definition) is 0. The van der Waals surface area contributed by atoms with E-state index in [4.69, 9.17) is 8.94 Å². The number of nitrogens with zero attached hydrogens (tertiary/aromatic N) is 4. The first-order valence-corrected chi connectivity index (χ1v) is 8.32. The molecule has 2 amide bonds. The summed E-state index contributed by atoms with van der Waals surface area (Å²) in [4.78, 5) is 32.5. The van der Waals surface area contributed by atoms with Gasteiger partial charge in [0.25, 0.3) is 11.8 Å². The Bertz CT molecular complexity index is 944. The van der Waals surface area contributed by atoms with Crippen molar-refractivity contribution < 1.29 is 22.9 Å². The molecule has 3 heterocycles. The maximum Gasteiger partial charge on any atom is 0.276 e. The molecule has 4 rings (SSSR count). The van der Waals surface area contributed by atoms with Crippen molar-refractivity contribution in [1.29, 1.82) is 0 Å². The Hall–Kier alpha value is -3.49. The summed E-state index contributed by atoms with van der Waals surface area (Å²) in [6.45, 7) is 1.46. The first-order chi connectivity index (χ1) is 13.1. The number of piperazine rings is 1. The van der Waals surface area contributed by atoms with E-state index in [1.807, 2.05) is 0 Å². The van der Waals surface area contributed by atoms with Crippen molar-refractivity contribution in [3.63, 3.8) is 0 Å². The Labute approximate surface area is 153 Å². The summed E-state index contributed by atoms with van der Waals surface area (Å²) in [6, 6.07) is 6.99. The van der Waals surface area contributed by atoms with E-state index in [-0.39, 0.29) is 23.3 Å². The average molecular weight is 370 g/mol. The van der Waals surface area contributed by atoms with Gasteiger partial charge in [-0.25, -0.2) is 9.37 Å². The highest BCUT2D eigenvalue weighted by Gasteiger charge is 2.29. The molecule has 138 valence electrons. The zero-order chi connectivity index (χ0) is 18.8. The van der Waals surface area contributed by atoms with Gasteiger partial charge in [0.05, 0.1) is 0 Å². The predicted molar refractivity (Wildman–Crippen MR) is 90.2 cm³/mol. The van der Waals surface area contributed by atoms with E-state index < -0.39 is 5.82 Å². The van der Waals surface area contributed by atoms with Crippen LogP contribution in [0, 0.1) is 5.82 Å². The van der Waals surface area contributed by atoms with Crippen LogP contribution >= 0.6 is 0 Å². The van der Waals surface area contributed by atoms with Gasteiger partial charge in [0.2, 0.25) is 0 Å². The quantitative estimate of drug-likeness (QED) is 0.701. The highest BCUT2D eigenvalue weighted by atomic mass is 19.1. The van der Waals surface area contributed by atoms with Gasteiger partial charge < -0.3 is 18.7 Å². The molecular formula is C18H15FN4O4. The summed E-state index contributed by atoms with van der Waals surface area (Å²) < 4.78 is 23.1. The zero-order valence-corrected chi connectivity index (χ0v) is 14.2. The number of carbonyl (C=O) groups is 2. The topological polar surface area (TPSA) is 92.7 Å². The molecule has 0 saturated carbocycles. The van der Waals surface area contributed by atoms with Crippen LogP contribution in [-0.4, -0.2) is 57.9 Å². The molecule has 0 unspecified atom stereocenters. The fraction of sp³-hybridized carbons (Fsp3) is 0.222. The second kappa shape index (κ2) is 7.02. The predicted octanol–water partition coefficient (Wildman–Crippen LogP) is 2.07. The molecule has 3 aromatic rings. The second-order valence-corrected chi connectivity index (χ2v) is 6.01. The van der Waals surface area contributed by atoms with E-state index in [1.54, 1.807) is 15.9 Å². The molecule has 2 aromatic heterocycles. The lowest BCUT2D eigenvalue weighted by molar-refractivity contribution is 0.0532. The molecule has 1 aliphatic rings. The van der Waals surface area contributed by atoms with Gasteiger partial charge in [0.15, 0.2) is 23.5 Å². The van der Waals surface area contributed by atoms with Crippen molar-refractivity contribution in [2.24, 2.45) is 0 Å². The highest BCUT2D eigenvalue weighted by molar-refractivity contribution is 5.98. The van der Waals surface area contributed by atoms with E-state index in [0.717, 1.165) is 0 Å². The minimum atomic E-state index is -0.391. The van der Waals surface area contributed by atoms with Crippen LogP contribution in [0.1, 0.15) is 20.8 Å². The van der Waals surface area contributed by atoms with Gasteiger partial charge in [-0.15, -0.1) is 0 Å². The summed E-state index contributed by atoms with van der Waals surface area (Å²) in [7, 11) is 0. The summed E-state index contributed by atoms with van der Waals surface area (Å²) in [5, 5.41) is 3.76. The lowest BCUT2D eigenvalue weighted by Gasteiger charge is -2.34. The molecule has 0 N–H and O–H groups in total. The molecule has 0 atom stereocenters. The van der Waals surface area contributed by atoms with E-state index in [9.17, 15) is 14.0 Å². The van der Waals surface area contributed by atoms with Crippen LogP contribution in [0.4, 0.5) is 4.39 Å². The molecule has 0 aliphatic carbocycles. The standard InChI is InChI=1S/C18H15FN4O4/c19-13-3-1-12(2-4-13)17(24)22-6-8-23(9-7-22)18(25)15-16(26-11-20-15)14-5-10-27-21-14/h1-5,10-11H,6-9H2. The molecule has 8 nitrogen and oxygen atoms in total. The molecule has 0 spiro atoms. The zero-order valence-electron chi connectivity index (χ0n) is 14.2. The third-order valence-corrected chi connectivity index (χ3v) is 4.39. The van der Waals surface area contributed by atoms with Gasteiger partial charge in [-0.05, 0) is 24.3 Å². The van der Waals surface area contributed by atoms with Crippen LogP contribution in [0.3, 0.4) is 0 Å². The minimum Gasteiger partial charge on any atom is -0.441 e. The molecule has 1 fully saturated rings.